The van der Waals surface area contributed by atoms with Crippen LogP contribution in [0.3, 0.4) is 0 Å². The highest BCUT2D eigenvalue weighted by atomic mass is 14.5. The number of rotatable bonds is 2. The second kappa shape index (κ2) is 3.93. The highest BCUT2D eigenvalue weighted by Crippen LogP contribution is 2.25. The van der Waals surface area contributed by atoms with Crippen molar-refractivity contribution in [3.8, 4) is 0 Å². The van der Waals surface area contributed by atoms with Gasteiger partial charge in [-0.2, -0.15) is 0 Å². The largest absolute Gasteiger partial charge is 0.398 e. The van der Waals surface area contributed by atoms with E-state index in [1.165, 1.54) is 16.3 Å². The van der Waals surface area contributed by atoms with Gasteiger partial charge in [-0.25, -0.2) is 0 Å². The summed E-state index contributed by atoms with van der Waals surface area (Å²) in [6, 6.07) is 12.5. The van der Waals surface area contributed by atoms with Crippen LogP contribution in [0.2, 0.25) is 0 Å². The molecule has 0 heterocycles. The molecule has 0 unspecified atom stereocenters. The standard InChI is InChI=1S/C14H17N/c1-10(2)9-11-7-8-14(15)13-6-4-3-5-12(11)13/h3-8,10H,9,15H2,1-2H3. The Morgan fingerprint density at radius 1 is 1.00 bits per heavy atom. The second-order valence-electron chi connectivity index (χ2n) is 4.46. The van der Waals surface area contributed by atoms with E-state index in [1.807, 2.05) is 12.1 Å². The van der Waals surface area contributed by atoms with Crippen molar-refractivity contribution < 1.29 is 0 Å². The first-order valence-electron chi connectivity index (χ1n) is 5.44. The molecule has 0 bridgehead atoms. The van der Waals surface area contributed by atoms with Gasteiger partial charge in [0, 0.05) is 11.1 Å². The van der Waals surface area contributed by atoms with E-state index in [0.29, 0.717) is 5.92 Å². The maximum Gasteiger partial charge on any atom is 0.0393 e. The van der Waals surface area contributed by atoms with Crippen molar-refractivity contribution >= 4 is 16.5 Å². The zero-order valence-electron chi connectivity index (χ0n) is 9.33. The molecule has 2 N–H and O–H groups in total. The SMILES string of the molecule is CC(C)Cc1ccc(N)c2ccccc12. The van der Waals surface area contributed by atoms with E-state index in [9.17, 15) is 0 Å². The van der Waals surface area contributed by atoms with Crippen LogP contribution in [0.4, 0.5) is 5.69 Å². The van der Waals surface area contributed by atoms with E-state index in [-0.39, 0.29) is 0 Å². The van der Waals surface area contributed by atoms with Gasteiger partial charge in [0.05, 0.1) is 0 Å². The number of fused-ring (bicyclic) bond motifs is 1. The summed E-state index contributed by atoms with van der Waals surface area (Å²) < 4.78 is 0. The van der Waals surface area contributed by atoms with Crippen LogP contribution in [-0.2, 0) is 6.42 Å². The first-order chi connectivity index (χ1) is 7.18. The van der Waals surface area contributed by atoms with Crippen molar-refractivity contribution in [3.63, 3.8) is 0 Å². The van der Waals surface area contributed by atoms with Crippen LogP contribution in [0.15, 0.2) is 36.4 Å². The smallest absolute Gasteiger partial charge is 0.0393 e. The molecular weight excluding hydrogens is 182 g/mol. The van der Waals surface area contributed by atoms with E-state index >= 15 is 0 Å². The van der Waals surface area contributed by atoms with Crippen molar-refractivity contribution in [3.05, 3.63) is 42.0 Å². The molecule has 2 aromatic carbocycles. The molecular formula is C14H17N. The molecule has 0 atom stereocenters. The maximum atomic E-state index is 5.96. The van der Waals surface area contributed by atoms with E-state index in [2.05, 4.69) is 38.1 Å². The van der Waals surface area contributed by atoms with E-state index in [4.69, 9.17) is 5.73 Å². The Labute approximate surface area is 90.9 Å². The Kier molecular flexibility index (Phi) is 2.63. The molecule has 0 amide bonds. The fourth-order valence-corrected chi connectivity index (χ4v) is 2.00. The lowest BCUT2D eigenvalue weighted by atomic mass is 9.96. The lowest BCUT2D eigenvalue weighted by Crippen LogP contribution is -1.96. The first-order valence-corrected chi connectivity index (χ1v) is 5.44. The fourth-order valence-electron chi connectivity index (χ4n) is 2.00. The van der Waals surface area contributed by atoms with Crippen LogP contribution >= 0.6 is 0 Å². The summed E-state index contributed by atoms with van der Waals surface area (Å²) in [6.07, 6.45) is 1.11. The number of anilines is 1. The topological polar surface area (TPSA) is 26.0 Å². The third-order valence-electron chi connectivity index (χ3n) is 2.68. The van der Waals surface area contributed by atoms with E-state index in [0.717, 1.165) is 12.1 Å². The normalized spacial score (nSPS) is 11.1. The van der Waals surface area contributed by atoms with E-state index < -0.39 is 0 Å². The van der Waals surface area contributed by atoms with Crippen molar-refractivity contribution in [2.24, 2.45) is 5.92 Å². The average molecular weight is 199 g/mol. The van der Waals surface area contributed by atoms with Gasteiger partial charge < -0.3 is 5.73 Å². The monoisotopic (exact) mass is 199 g/mol. The number of nitrogens with two attached hydrogens (primary N) is 1. The molecule has 0 aliphatic heterocycles. The third-order valence-corrected chi connectivity index (χ3v) is 2.68. The summed E-state index contributed by atoms with van der Waals surface area (Å²) in [5, 5.41) is 2.47. The summed E-state index contributed by atoms with van der Waals surface area (Å²) >= 11 is 0. The Bertz CT molecular complexity index is 472. The zero-order valence-corrected chi connectivity index (χ0v) is 9.33. The fraction of sp³-hybridized carbons (Fsp3) is 0.286. The molecule has 2 aromatic rings. The Morgan fingerprint density at radius 3 is 2.33 bits per heavy atom. The van der Waals surface area contributed by atoms with Crippen LogP contribution in [-0.4, -0.2) is 0 Å². The van der Waals surface area contributed by atoms with Gasteiger partial charge in [0.2, 0.25) is 0 Å². The molecule has 0 radical (unpaired) electrons. The van der Waals surface area contributed by atoms with Gasteiger partial charge in [-0.1, -0.05) is 44.2 Å². The molecule has 0 aliphatic rings. The van der Waals surface area contributed by atoms with Gasteiger partial charge in [-0.3, -0.25) is 0 Å². The quantitative estimate of drug-likeness (QED) is 0.734. The molecule has 0 spiro atoms. The van der Waals surface area contributed by atoms with Crippen molar-refractivity contribution in [1.82, 2.24) is 0 Å². The molecule has 1 nitrogen and oxygen atoms in total. The molecule has 2 rings (SSSR count). The van der Waals surface area contributed by atoms with Gasteiger partial charge >= 0.3 is 0 Å². The van der Waals surface area contributed by atoms with E-state index in [1.54, 1.807) is 0 Å². The maximum absolute atomic E-state index is 5.96. The Balaban J connectivity index is 2.61. The highest BCUT2D eigenvalue weighted by Gasteiger charge is 2.04. The Hall–Kier alpha value is -1.50. The molecule has 1 heteroatoms. The minimum atomic E-state index is 0.678. The summed E-state index contributed by atoms with van der Waals surface area (Å²) in [4.78, 5) is 0. The van der Waals surface area contributed by atoms with Crippen LogP contribution in [0.1, 0.15) is 19.4 Å². The minimum Gasteiger partial charge on any atom is -0.398 e. The number of nitrogen functional groups attached to an aromatic ring is 1. The van der Waals surface area contributed by atoms with Crippen molar-refractivity contribution in [1.29, 1.82) is 0 Å². The second-order valence-corrected chi connectivity index (χ2v) is 4.46. The number of hydrogen-bond donors (Lipinski definition) is 1. The average Bonchev–Trinajstić information content (AvgIpc) is 2.22. The van der Waals surface area contributed by atoms with Crippen LogP contribution < -0.4 is 5.73 Å². The molecule has 0 saturated carbocycles. The summed E-state index contributed by atoms with van der Waals surface area (Å²) in [6.45, 7) is 4.48. The molecule has 0 aromatic heterocycles. The summed E-state index contributed by atoms with van der Waals surface area (Å²) in [5.41, 5.74) is 8.23. The van der Waals surface area contributed by atoms with Crippen molar-refractivity contribution in [2.75, 3.05) is 5.73 Å². The third kappa shape index (κ3) is 1.96. The predicted molar refractivity (Wildman–Crippen MR) is 66.9 cm³/mol. The van der Waals surface area contributed by atoms with Crippen LogP contribution in [0, 0.1) is 5.92 Å². The summed E-state index contributed by atoms with van der Waals surface area (Å²) in [5.74, 6) is 0.678. The Morgan fingerprint density at radius 2 is 1.67 bits per heavy atom. The van der Waals surface area contributed by atoms with Crippen LogP contribution in [0.5, 0.6) is 0 Å². The molecule has 78 valence electrons. The predicted octanol–water partition coefficient (Wildman–Crippen LogP) is 3.62. The number of hydrogen-bond acceptors (Lipinski definition) is 1. The van der Waals surface area contributed by atoms with Gasteiger partial charge in [0.15, 0.2) is 0 Å². The highest BCUT2D eigenvalue weighted by molar-refractivity contribution is 5.95. The molecule has 0 saturated heterocycles. The molecule has 0 aliphatic carbocycles. The van der Waals surface area contributed by atoms with Crippen LogP contribution in [0.25, 0.3) is 10.8 Å². The lowest BCUT2D eigenvalue weighted by Gasteiger charge is -2.10. The summed E-state index contributed by atoms with van der Waals surface area (Å²) in [7, 11) is 0. The zero-order chi connectivity index (χ0) is 10.8. The number of benzene rings is 2. The van der Waals surface area contributed by atoms with Gasteiger partial charge in [0.1, 0.15) is 0 Å². The first kappa shape index (κ1) is 10.0. The van der Waals surface area contributed by atoms with Crippen molar-refractivity contribution in [2.45, 2.75) is 20.3 Å². The lowest BCUT2D eigenvalue weighted by molar-refractivity contribution is 0.650. The van der Waals surface area contributed by atoms with Gasteiger partial charge in [0.25, 0.3) is 0 Å². The molecule has 15 heavy (non-hydrogen) atoms. The molecule has 0 fully saturated rings. The van der Waals surface area contributed by atoms with Gasteiger partial charge in [-0.05, 0) is 29.4 Å². The minimum absolute atomic E-state index is 0.678. The van der Waals surface area contributed by atoms with Gasteiger partial charge in [-0.15, -0.1) is 0 Å².